The fourth-order valence-corrected chi connectivity index (χ4v) is 1.85. The van der Waals surface area contributed by atoms with E-state index in [1.807, 2.05) is 50.2 Å². The number of nitrogens with zero attached hydrogens (tertiary/aromatic N) is 1. The van der Waals surface area contributed by atoms with Crippen LogP contribution in [-0.4, -0.2) is 18.2 Å². The van der Waals surface area contributed by atoms with Gasteiger partial charge in [0.25, 0.3) is 0 Å². The Labute approximate surface area is 119 Å². The lowest BCUT2D eigenvalue weighted by atomic mass is 10.2. The van der Waals surface area contributed by atoms with E-state index in [1.54, 1.807) is 0 Å². The smallest absolute Gasteiger partial charge is 0.215 e. The minimum Gasteiger partial charge on any atom is -0.494 e. The van der Waals surface area contributed by atoms with Crippen molar-refractivity contribution in [2.24, 2.45) is 0 Å². The third kappa shape index (κ3) is 4.16. The van der Waals surface area contributed by atoms with Crippen molar-refractivity contribution < 1.29 is 9.47 Å². The second kappa shape index (κ2) is 7.38. The van der Waals surface area contributed by atoms with Crippen molar-refractivity contribution >= 4 is 5.82 Å². The topological polar surface area (TPSA) is 43.4 Å². The van der Waals surface area contributed by atoms with Crippen molar-refractivity contribution in [3.63, 3.8) is 0 Å². The molecule has 0 bridgehead atoms. The molecule has 106 valence electrons. The molecule has 0 atom stereocenters. The predicted octanol–water partition coefficient (Wildman–Crippen LogP) is 3.49. The van der Waals surface area contributed by atoms with Crippen molar-refractivity contribution in [2.75, 3.05) is 18.5 Å². The fourth-order valence-electron chi connectivity index (χ4n) is 1.85. The van der Waals surface area contributed by atoms with E-state index in [9.17, 15) is 0 Å². The van der Waals surface area contributed by atoms with Crippen LogP contribution < -0.4 is 14.8 Å². The summed E-state index contributed by atoms with van der Waals surface area (Å²) in [5.41, 5.74) is 1.15. The normalized spacial score (nSPS) is 10.1. The molecular weight excluding hydrogens is 252 g/mol. The Hall–Kier alpha value is -2.23. The van der Waals surface area contributed by atoms with Crippen LogP contribution in [0.25, 0.3) is 0 Å². The van der Waals surface area contributed by atoms with E-state index in [1.165, 1.54) is 0 Å². The molecule has 0 fully saturated rings. The zero-order valence-electron chi connectivity index (χ0n) is 11.9. The van der Waals surface area contributed by atoms with Gasteiger partial charge in [-0.25, -0.2) is 0 Å². The first-order valence-electron chi connectivity index (χ1n) is 6.87. The Morgan fingerprint density at radius 2 is 1.80 bits per heavy atom. The molecule has 20 heavy (non-hydrogen) atoms. The van der Waals surface area contributed by atoms with Gasteiger partial charge in [-0.1, -0.05) is 18.2 Å². The maximum Gasteiger partial charge on any atom is 0.215 e. The molecule has 0 saturated carbocycles. The highest BCUT2D eigenvalue weighted by atomic mass is 16.5. The van der Waals surface area contributed by atoms with Crippen LogP contribution in [-0.2, 0) is 6.54 Å². The summed E-state index contributed by atoms with van der Waals surface area (Å²) in [5.74, 6) is 2.33. The third-order valence-corrected chi connectivity index (χ3v) is 2.70. The lowest BCUT2D eigenvalue weighted by Crippen LogP contribution is -2.03. The van der Waals surface area contributed by atoms with Gasteiger partial charge in [0.2, 0.25) is 5.88 Å². The summed E-state index contributed by atoms with van der Waals surface area (Å²) in [7, 11) is 0. The van der Waals surface area contributed by atoms with Crippen molar-refractivity contribution in [3.05, 3.63) is 48.0 Å². The zero-order valence-corrected chi connectivity index (χ0v) is 11.9. The van der Waals surface area contributed by atoms with E-state index in [0.717, 1.165) is 17.1 Å². The number of hydrogen-bond acceptors (Lipinski definition) is 4. The van der Waals surface area contributed by atoms with E-state index < -0.39 is 0 Å². The molecule has 0 unspecified atom stereocenters. The maximum absolute atomic E-state index is 5.49. The molecule has 1 heterocycles. The van der Waals surface area contributed by atoms with Gasteiger partial charge in [-0.2, -0.15) is 4.98 Å². The first-order chi connectivity index (χ1) is 9.81. The Kier molecular flexibility index (Phi) is 5.24. The Bertz CT molecular complexity index is 494. The minimum atomic E-state index is 0.618. The molecule has 1 aromatic heterocycles. The first-order valence-corrected chi connectivity index (χ1v) is 6.87. The number of pyridine rings is 1. The highest BCUT2D eigenvalue weighted by Crippen LogP contribution is 2.16. The standard InChI is InChI=1S/C16H20N2O2/c1-3-19-14-8-5-7-13(11-14)12-17-15-9-6-10-16(18-15)20-4-2/h5-11H,3-4,12H2,1-2H3,(H,17,18). The summed E-state index contributed by atoms with van der Waals surface area (Å²) in [6.07, 6.45) is 0. The van der Waals surface area contributed by atoms with Gasteiger partial charge in [0.1, 0.15) is 11.6 Å². The van der Waals surface area contributed by atoms with Gasteiger partial charge in [0.05, 0.1) is 13.2 Å². The summed E-state index contributed by atoms with van der Waals surface area (Å²) < 4.78 is 10.9. The average Bonchev–Trinajstić information content (AvgIpc) is 2.47. The predicted molar refractivity (Wildman–Crippen MR) is 80.3 cm³/mol. The Balaban J connectivity index is 1.97. The summed E-state index contributed by atoms with van der Waals surface area (Å²) in [6.45, 7) is 5.92. The number of nitrogens with one attached hydrogen (secondary N) is 1. The molecule has 0 aliphatic rings. The first kappa shape index (κ1) is 14.2. The highest BCUT2D eigenvalue weighted by molar-refractivity contribution is 5.39. The van der Waals surface area contributed by atoms with E-state index in [0.29, 0.717) is 25.6 Å². The molecule has 4 heteroatoms. The summed E-state index contributed by atoms with van der Waals surface area (Å²) in [4.78, 5) is 4.37. The number of hydrogen-bond donors (Lipinski definition) is 1. The SMILES string of the molecule is CCOc1cccc(CNc2cccc(OCC)n2)c1. The molecule has 2 rings (SSSR count). The molecule has 0 aliphatic heterocycles. The second-order valence-electron chi connectivity index (χ2n) is 4.23. The van der Waals surface area contributed by atoms with Crippen LogP contribution in [0.5, 0.6) is 11.6 Å². The van der Waals surface area contributed by atoms with Crippen molar-refractivity contribution in [3.8, 4) is 11.6 Å². The maximum atomic E-state index is 5.49. The van der Waals surface area contributed by atoms with Crippen LogP contribution in [0.2, 0.25) is 0 Å². The van der Waals surface area contributed by atoms with E-state index >= 15 is 0 Å². The number of aromatic nitrogens is 1. The number of ether oxygens (including phenoxy) is 2. The van der Waals surface area contributed by atoms with Crippen molar-refractivity contribution in [1.82, 2.24) is 4.98 Å². The van der Waals surface area contributed by atoms with Gasteiger partial charge < -0.3 is 14.8 Å². The Morgan fingerprint density at radius 3 is 2.60 bits per heavy atom. The monoisotopic (exact) mass is 272 g/mol. The van der Waals surface area contributed by atoms with E-state index in [2.05, 4.69) is 16.4 Å². The molecule has 1 N–H and O–H groups in total. The molecule has 4 nitrogen and oxygen atoms in total. The van der Waals surface area contributed by atoms with Crippen molar-refractivity contribution in [2.45, 2.75) is 20.4 Å². The Morgan fingerprint density at radius 1 is 1.00 bits per heavy atom. The summed E-state index contributed by atoms with van der Waals surface area (Å²) >= 11 is 0. The van der Waals surface area contributed by atoms with Crippen molar-refractivity contribution in [1.29, 1.82) is 0 Å². The van der Waals surface area contributed by atoms with Gasteiger partial charge in [0, 0.05) is 12.6 Å². The summed E-state index contributed by atoms with van der Waals surface area (Å²) in [6, 6.07) is 13.7. The zero-order chi connectivity index (χ0) is 14.2. The van der Waals surface area contributed by atoms with Gasteiger partial charge >= 0.3 is 0 Å². The molecule has 2 aromatic rings. The summed E-state index contributed by atoms with van der Waals surface area (Å²) in [5, 5.41) is 3.28. The van der Waals surface area contributed by atoms with Crippen LogP contribution >= 0.6 is 0 Å². The van der Waals surface area contributed by atoms with Gasteiger partial charge in [-0.3, -0.25) is 0 Å². The van der Waals surface area contributed by atoms with Gasteiger partial charge in [0.15, 0.2) is 0 Å². The lowest BCUT2D eigenvalue weighted by molar-refractivity contribution is 0.327. The largest absolute Gasteiger partial charge is 0.494 e. The quantitative estimate of drug-likeness (QED) is 0.838. The molecule has 0 amide bonds. The number of anilines is 1. The average molecular weight is 272 g/mol. The highest BCUT2D eigenvalue weighted by Gasteiger charge is 2.00. The second-order valence-corrected chi connectivity index (χ2v) is 4.23. The van der Waals surface area contributed by atoms with E-state index in [4.69, 9.17) is 9.47 Å². The van der Waals surface area contributed by atoms with Gasteiger partial charge in [-0.05, 0) is 37.6 Å². The van der Waals surface area contributed by atoms with E-state index in [-0.39, 0.29) is 0 Å². The molecule has 0 spiro atoms. The van der Waals surface area contributed by atoms with Gasteiger partial charge in [-0.15, -0.1) is 0 Å². The molecule has 0 saturated heterocycles. The molecule has 1 aromatic carbocycles. The molecule has 0 aliphatic carbocycles. The van der Waals surface area contributed by atoms with Crippen LogP contribution in [0.3, 0.4) is 0 Å². The minimum absolute atomic E-state index is 0.618. The molecular formula is C16H20N2O2. The fraction of sp³-hybridized carbons (Fsp3) is 0.312. The van der Waals surface area contributed by atoms with Crippen LogP contribution in [0.4, 0.5) is 5.82 Å². The van der Waals surface area contributed by atoms with Crippen LogP contribution in [0, 0.1) is 0 Å². The van der Waals surface area contributed by atoms with Crippen LogP contribution in [0.15, 0.2) is 42.5 Å². The number of benzene rings is 1. The molecule has 0 radical (unpaired) electrons. The lowest BCUT2D eigenvalue weighted by Gasteiger charge is -2.09. The number of rotatable bonds is 7. The van der Waals surface area contributed by atoms with Crippen LogP contribution in [0.1, 0.15) is 19.4 Å². The third-order valence-electron chi connectivity index (χ3n) is 2.70.